The highest BCUT2D eigenvalue weighted by Gasteiger charge is 2.20. The first-order valence-corrected chi connectivity index (χ1v) is 8.87. The van der Waals surface area contributed by atoms with E-state index < -0.39 is 0 Å². The fourth-order valence-corrected chi connectivity index (χ4v) is 4.54. The van der Waals surface area contributed by atoms with Gasteiger partial charge in [0.1, 0.15) is 4.83 Å². The summed E-state index contributed by atoms with van der Waals surface area (Å²) >= 11 is 7.13. The predicted octanol–water partition coefficient (Wildman–Crippen LogP) is 4.44. The topological polar surface area (TPSA) is 37.8 Å². The number of rotatable bonds is 2. The Morgan fingerprint density at radius 3 is 2.71 bits per heavy atom. The van der Waals surface area contributed by atoms with Crippen LogP contribution in [0.15, 0.2) is 4.79 Å². The van der Waals surface area contributed by atoms with Crippen LogP contribution in [-0.4, -0.2) is 9.55 Å². The maximum absolute atomic E-state index is 12.9. The molecule has 5 heteroatoms. The van der Waals surface area contributed by atoms with Crippen molar-refractivity contribution in [2.45, 2.75) is 59.4 Å². The van der Waals surface area contributed by atoms with E-state index in [2.05, 4.69) is 25.8 Å². The van der Waals surface area contributed by atoms with Crippen LogP contribution < -0.4 is 5.56 Å². The van der Waals surface area contributed by atoms with Crippen molar-refractivity contribution in [3.05, 3.63) is 25.6 Å². The molecule has 3 nitrogen and oxygen atoms in total. The van der Waals surface area contributed by atoms with Crippen LogP contribution in [0.2, 0.25) is 0 Å². The second-order valence-electron chi connectivity index (χ2n) is 7.11. The molecule has 2 heterocycles. The lowest BCUT2D eigenvalue weighted by molar-refractivity contribution is 0.346. The van der Waals surface area contributed by atoms with E-state index in [1.165, 1.54) is 23.3 Å². The quantitative estimate of drug-likeness (QED) is 0.830. The molecule has 1 aliphatic carbocycles. The number of nitrogens with one attached hydrogen (secondary N) is 1. The average Bonchev–Trinajstić information content (AvgIpc) is 2.74. The van der Waals surface area contributed by atoms with E-state index in [-0.39, 0.29) is 11.0 Å². The van der Waals surface area contributed by atoms with E-state index in [4.69, 9.17) is 12.2 Å². The van der Waals surface area contributed by atoms with Gasteiger partial charge in [0.2, 0.25) is 0 Å². The number of nitrogens with zero attached hydrogens (tertiary/aromatic N) is 1. The first kappa shape index (κ1) is 15.0. The van der Waals surface area contributed by atoms with E-state index >= 15 is 0 Å². The molecule has 0 saturated heterocycles. The summed E-state index contributed by atoms with van der Waals surface area (Å²) in [6.45, 7) is 7.26. The van der Waals surface area contributed by atoms with Gasteiger partial charge in [0, 0.05) is 11.4 Å². The zero-order valence-corrected chi connectivity index (χ0v) is 14.5. The van der Waals surface area contributed by atoms with Gasteiger partial charge in [-0.2, -0.15) is 0 Å². The van der Waals surface area contributed by atoms with E-state index in [0.717, 1.165) is 29.5 Å². The number of hydrogen-bond acceptors (Lipinski definition) is 3. The molecule has 1 aliphatic rings. The van der Waals surface area contributed by atoms with Gasteiger partial charge in [-0.1, -0.05) is 20.8 Å². The Bertz CT molecular complexity index is 789. The maximum atomic E-state index is 12.9. The molecule has 21 heavy (non-hydrogen) atoms. The van der Waals surface area contributed by atoms with Crippen LogP contribution in [0.4, 0.5) is 0 Å². The van der Waals surface area contributed by atoms with Gasteiger partial charge in [-0.05, 0) is 55.3 Å². The number of aromatic nitrogens is 2. The Labute approximate surface area is 134 Å². The minimum atomic E-state index is 0.109. The molecule has 3 rings (SSSR count). The third-order valence-corrected chi connectivity index (χ3v) is 5.71. The molecule has 0 aliphatic heterocycles. The molecule has 0 fully saturated rings. The zero-order chi connectivity index (χ0) is 15.2. The summed E-state index contributed by atoms with van der Waals surface area (Å²) in [5.74, 6) is 0. The van der Waals surface area contributed by atoms with E-state index in [0.29, 0.717) is 11.3 Å². The second-order valence-corrected chi connectivity index (χ2v) is 8.60. The Kier molecular flexibility index (Phi) is 3.82. The second kappa shape index (κ2) is 5.36. The number of aromatic amines is 1. The number of aryl methyl sites for hydroxylation is 2. The molecular formula is C16H22N2OS2. The van der Waals surface area contributed by atoms with Gasteiger partial charge in [0.05, 0.1) is 5.39 Å². The molecule has 0 unspecified atom stereocenters. The highest BCUT2D eigenvalue weighted by atomic mass is 32.1. The highest BCUT2D eigenvalue weighted by Crippen LogP contribution is 2.33. The summed E-state index contributed by atoms with van der Waals surface area (Å²) in [5, 5.41) is 0.900. The molecule has 114 valence electrons. The van der Waals surface area contributed by atoms with Gasteiger partial charge in [0.25, 0.3) is 5.56 Å². The third kappa shape index (κ3) is 2.86. The summed E-state index contributed by atoms with van der Waals surface area (Å²) in [5.41, 5.74) is 1.59. The lowest BCUT2D eigenvalue weighted by atomic mass is 9.92. The normalized spacial score (nSPS) is 15.4. The minimum Gasteiger partial charge on any atom is -0.323 e. The van der Waals surface area contributed by atoms with Crippen LogP contribution in [0.1, 0.15) is 50.5 Å². The van der Waals surface area contributed by atoms with Crippen molar-refractivity contribution < 1.29 is 0 Å². The molecule has 0 spiro atoms. The van der Waals surface area contributed by atoms with Crippen LogP contribution >= 0.6 is 23.6 Å². The van der Waals surface area contributed by atoms with Crippen molar-refractivity contribution in [1.29, 1.82) is 0 Å². The largest absolute Gasteiger partial charge is 0.323 e. The van der Waals surface area contributed by atoms with Crippen molar-refractivity contribution in [2.24, 2.45) is 5.41 Å². The first-order valence-electron chi connectivity index (χ1n) is 7.64. The Morgan fingerprint density at radius 2 is 2.00 bits per heavy atom. The Morgan fingerprint density at radius 1 is 1.29 bits per heavy atom. The lowest BCUT2D eigenvalue weighted by Crippen LogP contribution is -2.24. The Hall–Kier alpha value is -0.940. The van der Waals surface area contributed by atoms with E-state index in [9.17, 15) is 4.79 Å². The average molecular weight is 322 g/mol. The standard InChI is InChI=1S/C16H22N2OS2/c1-16(2,3)8-9-18-14(19)12-10-6-4-5-7-11(10)21-13(12)17-15(18)20/h4-9H2,1-3H3,(H,17,20). The van der Waals surface area contributed by atoms with E-state index in [1.54, 1.807) is 15.9 Å². The van der Waals surface area contributed by atoms with Crippen molar-refractivity contribution in [3.63, 3.8) is 0 Å². The number of fused-ring (bicyclic) bond motifs is 3. The molecular weight excluding hydrogens is 300 g/mol. The van der Waals surface area contributed by atoms with Gasteiger partial charge in [-0.15, -0.1) is 11.3 Å². The maximum Gasteiger partial charge on any atom is 0.263 e. The van der Waals surface area contributed by atoms with Crippen molar-refractivity contribution in [2.75, 3.05) is 0 Å². The van der Waals surface area contributed by atoms with Crippen LogP contribution in [0.25, 0.3) is 10.2 Å². The number of thiophene rings is 1. The summed E-state index contributed by atoms with van der Waals surface area (Å²) < 4.78 is 2.32. The molecule has 0 aromatic carbocycles. The molecule has 0 bridgehead atoms. The summed E-state index contributed by atoms with van der Waals surface area (Å²) in [6.07, 6.45) is 5.52. The fraction of sp³-hybridized carbons (Fsp3) is 0.625. The monoisotopic (exact) mass is 322 g/mol. The van der Waals surface area contributed by atoms with Gasteiger partial charge >= 0.3 is 0 Å². The molecule has 2 aromatic heterocycles. The molecule has 1 N–H and O–H groups in total. The lowest BCUT2D eigenvalue weighted by Gasteiger charge is -2.18. The van der Waals surface area contributed by atoms with Crippen LogP contribution in [0.3, 0.4) is 0 Å². The van der Waals surface area contributed by atoms with Crippen molar-refractivity contribution in [3.8, 4) is 0 Å². The van der Waals surface area contributed by atoms with Gasteiger partial charge in [-0.25, -0.2) is 0 Å². The Balaban J connectivity index is 2.14. The summed E-state index contributed by atoms with van der Waals surface area (Å²) in [4.78, 5) is 18.5. The van der Waals surface area contributed by atoms with Crippen molar-refractivity contribution in [1.82, 2.24) is 9.55 Å². The molecule has 0 radical (unpaired) electrons. The van der Waals surface area contributed by atoms with E-state index in [1.807, 2.05) is 0 Å². The smallest absolute Gasteiger partial charge is 0.263 e. The summed E-state index contributed by atoms with van der Waals surface area (Å²) in [6, 6.07) is 0. The molecule has 0 atom stereocenters. The third-order valence-electron chi connectivity index (χ3n) is 4.18. The molecule has 2 aromatic rings. The number of H-pyrrole nitrogens is 1. The SMILES string of the molecule is CC(C)(C)CCn1c(=S)[nH]c2sc3c(c2c1=O)CCCC3. The van der Waals surface area contributed by atoms with Gasteiger partial charge in [-0.3, -0.25) is 9.36 Å². The fourth-order valence-electron chi connectivity index (χ4n) is 2.92. The predicted molar refractivity (Wildman–Crippen MR) is 92.0 cm³/mol. The van der Waals surface area contributed by atoms with Crippen molar-refractivity contribution >= 4 is 33.8 Å². The minimum absolute atomic E-state index is 0.109. The highest BCUT2D eigenvalue weighted by molar-refractivity contribution is 7.71. The van der Waals surface area contributed by atoms with Crippen LogP contribution in [0, 0.1) is 10.2 Å². The zero-order valence-electron chi connectivity index (χ0n) is 12.9. The van der Waals surface area contributed by atoms with Crippen LogP contribution in [-0.2, 0) is 19.4 Å². The number of hydrogen-bond donors (Lipinski definition) is 1. The van der Waals surface area contributed by atoms with Crippen LogP contribution in [0.5, 0.6) is 0 Å². The first-order chi connectivity index (χ1) is 9.87. The summed E-state index contributed by atoms with van der Waals surface area (Å²) in [7, 11) is 0. The van der Waals surface area contributed by atoms with Gasteiger partial charge < -0.3 is 4.98 Å². The molecule has 0 saturated carbocycles. The van der Waals surface area contributed by atoms with Gasteiger partial charge in [0.15, 0.2) is 4.77 Å². The molecule has 0 amide bonds.